The first-order chi connectivity index (χ1) is 16.3. The number of rotatable bonds is 11. The number of hydrogen-bond donors (Lipinski definition) is 5. The molecular formula is C26H30N2O6. The highest BCUT2D eigenvalue weighted by Gasteiger charge is 2.16. The van der Waals surface area contributed by atoms with Crippen molar-refractivity contribution in [3.05, 3.63) is 78.4 Å². The van der Waals surface area contributed by atoms with Crippen LogP contribution in [-0.4, -0.2) is 51.9 Å². The van der Waals surface area contributed by atoms with E-state index in [1.165, 1.54) is 0 Å². The Balaban J connectivity index is 0.000000241. The number of carboxylic acids is 3. The number of hydrogen-bond acceptors (Lipinski definition) is 5. The first-order valence-electron chi connectivity index (χ1n) is 11.0. The van der Waals surface area contributed by atoms with Crippen LogP contribution in [0.1, 0.15) is 25.3 Å². The van der Waals surface area contributed by atoms with E-state index >= 15 is 0 Å². The van der Waals surface area contributed by atoms with Gasteiger partial charge in [-0.05, 0) is 36.8 Å². The van der Waals surface area contributed by atoms with E-state index in [0.717, 1.165) is 22.0 Å². The van der Waals surface area contributed by atoms with E-state index in [-0.39, 0.29) is 13.0 Å². The van der Waals surface area contributed by atoms with Crippen molar-refractivity contribution in [2.24, 2.45) is 0 Å². The van der Waals surface area contributed by atoms with Gasteiger partial charge in [0, 0.05) is 17.6 Å². The van der Waals surface area contributed by atoms with Gasteiger partial charge in [-0.1, -0.05) is 66.7 Å². The van der Waals surface area contributed by atoms with E-state index in [0.29, 0.717) is 12.8 Å². The molecule has 180 valence electrons. The molecule has 34 heavy (non-hydrogen) atoms. The number of carboxylic acid groups (broad SMARTS) is 3. The van der Waals surface area contributed by atoms with Gasteiger partial charge in [0.15, 0.2) is 0 Å². The number of aryl methyl sites for hydroxylation is 1. The summed E-state index contributed by atoms with van der Waals surface area (Å²) in [7, 11) is 0. The van der Waals surface area contributed by atoms with Crippen LogP contribution in [0.2, 0.25) is 0 Å². The zero-order valence-corrected chi connectivity index (χ0v) is 19.0. The standard InChI is InChI=1S/C13H17NO4.C13H13NO2/c15-12(16)8-9-14-11(13(17)18)7-6-10-4-2-1-3-5-10;1-9(13(15)16)14-12-8-4-6-10-5-2-3-7-11(10)12/h1-5,11,14H,6-9H2,(H,15,16)(H,17,18);2-9,14H,1H3,(H,15,16)/t11-;9-/m10/s1. The highest BCUT2D eigenvalue weighted by molar-refractivity contribution is 5.95. The van der Waals surface area contributed by atoms with Crippen molar-refractivity contribution >= 4 is 34.4 Å². The second-order valence-electron chi connectivity index (χ2n) is 7.74. The molecule has 0 unspecified atom stereocenters. The maximum absolute atomic E-state index is 11.0. The van der Waals surface area contributed by atoms with Gasteiger partial charge in [-0.25, -0.2) is 0 Å². The van der Waals surface area contributed by atoms with Gasteiger partial charge in [-0.15, -0.1) is 0 Å². The molecule has 0 aliphatic heterocycles. The molecule has 5 N–H and O–H groups in total. The van der Waals surface area contributed by atoms with Crippen LogP contribution in [0.5, 0.6) is 0 Å². The predicted octanol–water partition coefficient (Wildman–Crippen LogP) is 3.86. The normalized spacial score (nSPS) is 12.1. The predicted molar refractivity (Wildman–Crippen MR) is 131 cm³/mol. The Hall–Kier alpha value is -3.91. The maximum Gasteiger partial charge on any atom is 0.325 e. The number of carbonyl (C=O) groups is 3. The molecule has 8 heteroatoms. The minimum Gasteiger partial charge on any atom is -0.481 e. The molecule has 0 radical (unpaired) electrons. The van der Waals surface area contributed by atoms with Crippen molar-refractivity contribution in [3.63, 3.8) is 0 Å². The molecule has 3 rings (SSSR count). The van der Waals surface area contributed by atoms with Crippen LogP contribution >= 0.6 is 0 Å². The zero-order chi connectivity index (χ0) is 24.9. The Morgan fingerprint density at radius 3 is 2.12 bits per heavy atom. The summed E-state index contributed by atoms with van der Waals surface area (Å²) in [4.78, 5) is 32.1. The topological polar surface area (TPSA) is 136 Å². The van der Waals surface area contributed by atoms with E-state index in [2.05, 4.69) is 10.6 Å². The lowest BCUT2D eigenvalue weighted by Crippen LogP contribution is -2.38. The van der Waals surface area contributed by atoms with Gasteiger partial charge in [0.1, 0.15) is 12.1 Å². The Kier molecular flexibility index (Phi) is 10.5. The lowest BCUT2D eigenvalue weighted by atomic mass is 10.1. The molecule has 3 aromatic carbocycles. The number of anilines is 1. The van der Waals surface area contributed by atoms with E-state index < -0.39 is 30.0 Å². The second-order valence-corrected chi connectivity index (χ2v) is 7.74. The van der Waals surface area contributed by atoms with Crippen molar-refractivity contribution in [1.29, 1.82) is 0 Å². The smallest absolute Gasteiger partial charge is 0.325 e. The average molecular weight is 467 g/mol. The van der Waals surface area contributed by atoms with Gasteiger partial charge in [0.25, 0.3) is 0 Å². The third-order valence-electron chi connectivity index (χ3n) is 5.12. The Morgan fingerprint density at radius 1 is 0.824 bits per heavy atom. The van der Waals surface area contributed by atoms with Gasteiger partial charge in [-0.2, -0.15) is 0 Å². The summed E-state index contributed by atoms with van der Waals surface area (Å²) < 4.78 is 0. The molecule has 8 nitrogen and oxygen atoms in total. The minimum absolute atomic E-state index is 0.0743. The van der Waals surface area contributed by atoms with E-state index in [9.17, 15) is 14.4 Å². The molecule has 0 saturated carbocycles. The lowest BCUT2D eigenvalue weighted by Gasteiger charge is -2.13. The quantitative estimate of drug-likeness (QED) is 0.287. The number of benzene rings is 3. The third kappa shape index (κ3) is 8.91. The van der Waals surface area contributed by atoms with Crippen molar-refractivity contribution < 1.29 is 29.7 Å². The van der Waals surface area contributed by atoms with E-state index in [4.69, 9.17) is 15.3 Å². The van der Waals surface area contributed by atoms with Crippen LogP contribution in [0.25, 0.3) is 10.8 Å². The molecule has 0 spiro atoms. The summed E-state index contributed by atoms with van der Waals surface area (Å²) in [5.74, 6) is -2.74. The summed E-state index contributed by atoms with van der Waals surface area (Å²) in [6.45, 7) is 1.80. The van der Waals surface area contributed by atoms with Crippen molar-refractivity contribution in [1.82, 2.24) is 5.32 Å². The summed E-state index contributed by atoms with van der Waals surface area (Å²) in [6, 6.07) is 22.0. The van der Waals surface area contributed by atoms with E-state index in [1.807, 2.05) is 72.8 Å². The third-order valence-corrected chi connectivity index (χ3v) is 5.12. The largest absolute Gasteiger partial charge is 0.481 e. The Bertz CT molecular complexity index is 1080. The summed E-state index contributed by atoms with van der Waals surface area (Å²) in [5.41, 5.74) is 1.93. The van der Waals surface area contributed by atoms with Crippen LogP contribution in [0, 0.1) is 0 Å². The second kappa shape index (κ2) is 13.6. The Morgan fingerprint density at radius 2 is 1.47 bits per heavy atom. The molecule has 0 aliphatic carbocycles. The van der Waals surface area contributed by atoms with Crippen LogP contribution in [0.3, 0.4) is 0 Å². The number of fused-ring (bicyclic) bond motifs is 1. The summed E-state index contributed by atoms with van der Waals surface area (Å²) >= 11 is 0. The first kappa shape index (κ1) is 26.3. The van der Waals surface area contributed by atoms with Crippen LogP contribution < -0.4 is 10.6 Å². The number of aliphatic carboxylic acids is 3. The first-order valence-corrected chi connectivity index (χ1v) is 11.0. The van der Waals surface area contributed by atoms with Gasteiger partial charge in [0.05, 0.1) is 6.42 Å². The summed E-state index contributed by atoms with van der Waals surface area (Å²) in [6.07, 6.45) is 1.02. The van der Waals surface area contributed by atoms with Crippen molar-refractivity contribution in [2.75, 3.05) is 11.9 Å². The fourth-order valence-corrected chi connectivity index (χ4v) is 3.27. The average Bonchev–Trinajstić information content (AvgIpc) is 2.82. The van der Waals surface area contributed by atoms with Gasteiger partial charge >= 0.3 is 17.9 Å². The van der Waals surface area contributed by atoms with Crippen LogP contribution in [-0.2, 0) is 20.8 Å². The molecule has 0 amide bonds. The van der Waals surface area contributed by atoms with Crippen LogP contribution in [0.15, 0.2) is 72.8 Å². The molecule has 0 bridgehead atoms. The Labute approximate surface area is 198 Å². The molecule has 0 aromatic heterocycles. The molecule has 0 aliphatic rings. The molecule has 0 saturated heterocycles. The van der Waals surface area contributed by atoms with Crippen molar-refractivity contribution in [2.45, 2.75) is 38.3 Å². The monoisotopic (exact) mass is 466 g/mol. The SMILES string of the molecule is C[C@H](Nc1cccc2ccccc12)C(=O)O.O=C(O)CCN[C@H](CCc1ccccc1)C(=O)O. The highest BCUT2D eigenvalue weighted by Crippen LogP contribution is 2.23. The van der Waals surface area contributed by atoms with Crippen LogP contribution in [0.4, 0.5) is 5.69 Å². The zero-order valence-electron chi connectivity index (χ0n) is 19.0. The minimum atomic E-state index is -0.948. The maximum atomic E-state index is 11.0. The molecule has 0 heterocycles. The highest BCUT2D eigenvalue weighted by atomic mass is 16.4. The fraction of sp³-hybridized carbons (Fsp3) is 0.269. The molecular weight excluding hydrogens is 436 g/mol. The fourth-order valence-electron chi connectivity index (χ4n) is 3.27. The lowest BCUT2D eigenvalue weighted by molar-refractivity contribution is -0.141. The van der Waals surface area contributed by atoms with E-state index in [1.54, 1.807) is 6.92 Å². The molecule has 0 fully saturated rings. The van der Waals surface area contributed by atoms with Crippen molar-refractivity contribution in [3.8, 4) is 0 Å². The molecule has 2 atom stereocenters. The van der Waals surface area contributed by atoms with Gasteiger partial charge in [0.2, 0.25) is 0 Å². The van der Waals surface area contributed by atoms with Gasteiger partial charge in [-0.3, -0.25) is 14.4 Å². The van der Waals surface area contributed by atoms with Gasteiger partial charge < -0.3 is 26.0 Å². The molecule has 3 aromatic rings. The summed E-state index contributed by atoms with van der Waals surface area (Å²) in [5, 5.41) is 34.2. The number of nitrogens with one attached hydrogen (secondary N) is 2.